The number of hydrogen-bond donors (Lipinski definition) is 1. The number of carbonyl (C=O) groups is 2. The summed E-state index contributed by atoms with van der Waals surface area (Å²) in [5.74, 6) is -0.0109. The van der Waals surface area contributed by atoms with Crippen LogP contribution in [-0.4, -0.2) is 25.0 Å². The van der Waals surface area contributed by atoms with Gasteiger partial charge in [-0.25, -0.2) is 0 Å². The molecule has 0 bridgehead atoms. The van der Waals surface area contributed by atoms with Crippen LogP contribution >= 0.6 is 0 Å². The highest BCUT2D eigenvalue weighted by Gasteiger charge is 2.51. The third-order valence-electron chi connectivity index (χ3n) is 3.52. The fourth-order valence-electron chi connectivity index (χ4n) is 2.54. The zero-order valence-corrected chi connectivity index (χ0v) is 8.34. The Labute approximate surface area is 83.0 Å². The van der Waals surface area contributed by atoms with Crippen LogP contribution in [0.2, 0.25) is 0 Å². The Bertz CT molecular complexity index is 271. The van der Waals surface area contributed by atoms with E-state index in [1.165, 1.54) is 0 Å². The minimum absolute atomic E-state index is 0.0968. The molecule has 4 nitrogen and oxygen atoms in total. The van der Waals surface area contributed by atoms with Crippen LogP contribution in [0.1, 0.15) is 26.2 Å². The van der Waals surface area contributed by atoms with Gasteiger partial charge in [-0.15, -0.1) is 0 Å². The second kappa shape index (κ2) is 3.35. The fourth-order valence-corrected chi connectivity index (χ4v) is 2.54. The van der Waals surface area contributed by atoms with Crippen LogP contribution in [0.3, 0.4) is 0 Å². The molecule has 0 aromatic rings. The lowest BCUT2D eigenvalue weighted by Crippen LogP contribution is -2.38. The van der Waals surface area contributed by atoms with Crippen molar-refractivity contribution < 1.29 is 14.3 Å². The summed E-state index contributed by atoms with van der Waals surface area (Å²) < 4.78 is 5.29. The van der Waals surface area contributed by atoms with Crippen molar-refractivity contribution in [2.24, 2.45) is 11.3 Å². The molecule has 4 heteroatoms. The van der Waals surface area contributed by atoms with Crippen molar-refractivity contribution in [1.82, 2.24) is 5.32 Å². The molecular weight excluding hydrogens is 182 g/mol. The average molecular weight is 197 g/mol. The van der Waals surface area contributed by atoms with Crippen molar-refractivity contribution in [3.8, 4) is 0 Å². The van der Waals surface area contributed by atoms with Gasteiger partial charge in [0.05, 0.1) is 12.0 Å². The summed E-state index contributed by atoms with van der Waals surface area (Å²) in [6, 6.07) is 0. The van der Waals surface area contributed by atoms with Crippen LogP contribution in [0, 0.1) is 11.3 Å². The lowest BCUT2D eigenvalue weighted by molar-refractivity contribution is -0.131. The largest absolute Gasteiger partial charge is 0.381 e. The van der Waals surface area contributed by atoms with Gasteiger partial charge in [0, 0.05) is 13.0 Å². The molecule has 2 heterocycles. The van der Waals surface area contributed by atoms with Gasteiger partial charge in [-0.2, -0.15) is 0 Å². The molecule has 0 radical (unpaired) electrons. The van der Waals surface area contributed by atoms with Crippen LogP contribution < -0.4 is 5.32 Å². The Hall–Kier alpha value is -0.900. The minimum atomic E-state index is -0.479. The minimum Gasteiger partial charge on any atom is -0.381 e. The van der Waals surface area contributed by atoms with Crippen molar-refractivity contribution in [2.75, 3.05) is 13.2 Å². The SMILES string of the molecule is CCC1(C2CCOC2)CC(=O)NC1=O. The maximum absolute atomic E-state index is 11.7. The molecule has 0 saturated carbocycles. The van der Waals surface area contributed by atoms with E-state index >= 15 is 0 Å². The van der Waals surface area contributed by atoms with E-state index in [0.29, 0.717) is 19.6 Å². The predicted molar refractivity (Wildman–Crippen MR) is 49.4 cm³/mol. The van der Waals surface area contributed by atoms with Gasteiger partial charge in [0.1, 0.15) is 0 Å². The van der Waals surface area contributed by atoms with Gasteiger partial charge in [-0.3, -0.25) is 14.9 Å². The quantitative estimate of drug-likeness (QED) is 0.654. The standard InChI is InChI=1S/C10H15NO3/c1-2-10(7-3-4-14-6-7)5-8(12)11-9(10)13/h7H,2-6H2,1H3,(H,11,12,13). The molecule has 2 unspecified atom stereocenters. The average Bonchev–Trinajstić information content (AvgIpc) is 2.73. The van der Waals surface area contributed by atoms with Gasteiger partial charge in [0.15, 0.2) is 0 Å². The first-order valence-corrected chi connectivity index (χ1v) is 5.11. The highest BCUT2D eigenvalue weighted by atomic mass is 16.5. The molecule has 78 valence electrons. The molecule has 2 rings (SSSR count). The van der Waals surface area contributed by atoms with Crippen LogP contribution in [0.4, 0.5) is 0 Å². The van der Waals surface area contributed by atoms with E-state index in [4.69, 9.17) is 4.74 Å². The Balaban J connectivity index is 2.24. The normalized spacial score (nSPS) is 37.6. The van der Waals surface area contributed by atoms with Crippen molar-refractivity contribution in [1.29, 1.82) is 0 Å². The molecule has 0 spiro atoms. The maximum atomic E-state index is 11.7. The number of amides is 2. The number of nitrogens with one attached hydrogen (secondary N) is 1. The zero-order valence-electron chi connectivity index (χ0n) is 8.34. The second-order valence-corrected chi connectivity index (χ2v) is 4.12. The van der Waals surface area contributed by atoms with E-state index in [1.54, 1.807) is 0 Å². The molecule has 2 atom stereocenters. The van der Waals surface area contributed by atoms with E-state index in [9.17, 15) is 9.59 Å². The molecule has 0 aliphatic carbocycles. The summed E-state index contributed by atoms with van der Waals surface area (Å²) in [6.07, 6.45) is 1.96. The van der Waals surface area contributed by atoms with Gasteiger partial charge in [0.25, 0.3) is 0 Å². The Kier molecular flexibility index (Phi) is 2.31. The molecule has 0 aromatic carbocycles. The lowest BCUT2D eigenvalue weighted by Gasteiger charge is -2.29. The number of imide groups is 1. The van der Waals surface area contributed by atoms with Crippen molar-refractivity contribution in [2.45, 2.75) is 26.2 Å². The molecule has 2 saturated heterocycles. The van der Waals surface area contributed by atoms with Crippen molar-refractivity contribution >= 4 is 11.8 Å². The van der Waals surface area contributed by atoms with Gasteiger partial charge >= 0.3 is 0 Å². The molecule has 1 N–H and O–H groups in total. The molecule has 2 fully saturated rings. The molecular formula is C10H15NO3. The summed E-state index contributed by atoms with van der Waals surface area (Å²) in [7, 11) is 0. The smallest absolute Gasteiger partial charge is 0.233 e. The fraction of sp³-hybridized carbons (Fsp3) is 0.800. The molecule has 2 amide bonds. The lowest BCUT2D eigenvalue weighted by atomic mass is 9.71. The van der Waals surface area contributed by atoms with Crippen LogP contribution in [0.25, 0.3) is 0 Å². The molecule has 2 aliphatic rings. The number of rotatable bonds is 2. The summed E-state index contributed by atoms with van der Waals surface area (Å²) in [5.41, 5.74) is -0.479. The Morgan fingerprint density at radius 2 is 2.36 bits per heavy atom. The first kappa shape index (κ1) is 9.65. The summed E-state index contributed by atoms with van der Waals surface area (Å²) in [6.45, 7) is 3.30. The maximum Gasteiger partial charge on any atom is 0.233 e. The van der Waals surface area contributed by atoms with Gasteiger partial charge in [-0.1, -0.05) is 6.92 Å². The summed E-state index contributed by atoms with van der Waals surface area (Å²) in [4.78, 5) is 22.9. The first-order valence-electron chi connectivity index (χ1n) is 5.11. The van der Waals surface area contributed by atoms with E-state index in [1.807, 2.05) is 6.92 Å². The van der Waals surface area contributed by atoms with E-state index < -0.39 is 5.41 Å². The van der Waals surface area contributed by atoms with E-state index in [-0.39, 0.29) is 17.7 Å². The van der Waals surface area contributed by atoms with Crippen molar-refractivity contribution in [3.05, 3.63) is 0 Å². The van der Waals surface area contributed by atoms with Gasteiger partial charge in [-0.05, 0) is 18.8 Å². The molecule has 14 heavy (non-hydrogen) atoms. The summed E-state index contributed by atoms with van der Waals surface area (Å²) >= 11 is 0. The monoisotopic (exact) mass is 197 g/mol. The predicted octanol–water partition coefficient (Wildman–Crippen LogP) is 0.466. The third-order valence-corrected chi connectivity index (χ3v) is 3.52. The Morgan fingerprint density at radius 1 is 1.57 bits per heavy atom. The van der Waals surface area contributed by atoms with E-state index in [0.717, 1.165) is 12.8 Å². The van der Waals surface area contributed by atoms with Gasteiger partial charge < -0.3 is 4.74 Å². The van der Waals surface area contributed by atoms with Gasteiger partial charge in [0.2, 0.25) is 11.8 Å². The number of ether oxygens (including phenoxy) is 1. The van der Waals surface area contributed by atoms with E-state index in [2.05, 4.69) is 5.32 Å². The van der Waals surface area contributed by atoms with Crippen LogP contribution in [0.15, 0.2) is 0 Å². The summed E-state index contributed by atoms with van der Waals surface area (Å²) in [5, 5.41) is 2.40. The number of hydrogen-bond acceptors (Lipinski definition) is 3. The molecule has 0 aromatic heterocycles. The highest BCUT2D eigenvalue weighted by Crippen LogP contribution is 2.42. The van der Waals surface area contributed by atoms with Crippen LogP contribution in [0.5, 0.6) is 0 Å². The Morgan fingerprint density at radius 3 is 2.79 bits per heavy atom. The topological polar surface area (TPSA) is 55.4 Å². The second-order valence-electron chi connectivity index (χ2n) is 4.12. The van der Waals surface area contributed by atoms with Crippen molar-refractivity contribution in [3.63, 3.8) is 0 Å². The highest BCUT2D eigenvalue weighted by molar-refractivity contribution is 6.06. The molecule has 2 aliphatic heterocycles. The zero-order chi connectivity index (χ0) is 10.2. The number of carbonyl (C=O) groups excluding carboxylic acids is 2. The van der Waals surface area contributed by atoms with Crippen LogP contribution in [-0.2, 0) is 14.3 Å². The third kappa shape index (κ3) is 1.25. The first-order chi connectivity index (χ1) is 6.69.